The van der Waals surface area contributed by atoms with Gasteiger partial charge in [0.25, 0.3) is 0 Å². The summed E-state index contributed by atoms with van der Waals surface area (Å²) in [4.78, 5) is 17.6. The van der Waals surface area contributed by atoms with E-state index in [1.54, 1.807) is 0 Å². The normalized spacial score (nSPS) is 18.1. The highest BCUT2D eigenvalue weighted by Crippen LogP contribution is 2.28. The molecule has 0 spiro atoms. The van der Waals surface area contributed by atoms with Crippen molar-refractivity contribution < 1.29 is 9.90 Å². The number of hydrogen-bond acceptors (Lipinski definition) is 5. The highest BCUT2D eigenvalue weighted by Gasteiger charge is 2.27. The predicted octanol–water partition coefficient (Wildman–Crippen LogP) is 2.14. The van der Waals surface area contributed by atoms with Gasteiger partial charge in [0.2, 0.25) is 5.13 Å². The van der Waals surface area contributed by atoms with Crippen LogP contribution in [0, 0.1) is 5.92 Å². The van der Waals surface area contributed by atoms with Crippen molar-refractivity contribution in [1.82, 2.24) is 9.36 Å². The van der Waals surface area contributed by atoms with Gasteiger partial charge in [0.15, 0.2) is 0 Å². The van der Waals surface area contributed by atoms with Gasteiger partial charge in [-0.2, -0.15) is 4.37 Å². The summed E-state index contributed by atoms with van der Waals surface area (Å²) in [5.41, 5.74) is -0.0336. The van der Waals surface area contributed by atoms with E-state index in [2.05, 4.69) is 35.0 Å². The third-order valence-electron chi connectivity index (χ3n) is 3.20. The first-order valence-corrected chi connectivity index (χ1v) is 6.97. The summed E-state index contributed by atoms with van der Waals surface area (Å²) in [6.45, 7) is 7.80. The largest absolute Gasteiger partial charge is 0.481 e. The predicted molar refractivity (Wildman–Crippen MR) is 71.2 cm³/mol. The first-order chi connectivity index (χ1) is 8.38. The van der Waals surface area contributed by atoms with Crippen molar-refractivity contribution in [1.29, 1.82) is 0 Å². The topological polar surface area (TPSA) is 66.3 Å². The molecule has 0 bridgehead atoms. The second-order valence-corrected chi connectivity index (χ2v) is 6.48. The maximum absolute atomic E-state index is 10.9. The van der Waals surface area contributed by atoms with Crippen molar-refractivity contribution in [3.8, 4) is 0 Å². The fourth-order valence-electron chi connectivity index (χ4n) is 1.97. The molecule has 1 aromatic rings. The molecule has 0 atom stereocenters. The molecule has 18 heavy (non-hydrogen) atoms. The molecule has 5 nitrogen and oxygen atoms in total. The third-order valence-corrected chi connectivity index (χ3v) is 3.98. The van der Waals surface area contributed by atoms with Crippen LogP contribution in [0.5, 0.6) is 0 Å². The lowest BCUT2D eigenvalue weighted by Crippen LogP contribution is -2.36. The molecule has 1 saturated heterocycles. The van der Waals surface area contributed by atoms with Crippen LogP contribution in [-0.2, 0) is 10.2 Å². The standard InChI is InChI=1S/C12H19N3O2S/c1-12(2,3)10-13-11(18-14-10)15-6-4-8(5-7-15)9(16)17/h8H,4-7H2,1-3H3,(H,16,17). The van der Waals surface area contributed by atoms with Gasteiger partial charge in [-0.1, -0.05) is 20.8 Å². The number of aliphatic carboxylic acids is 1. The molecule has 6 heteroatoms. The van der Waals surface area contributed by atoms with Crippen molar-refractivity contribution in [3.05, 3.63) is 5.82 Å². The lowest BCUT2D eigenvalue weighted by Gasteiger charge is -2.29. The Labute approximate surface area is 111 Å². The van der Waals surface area contributed by atoms with E-state index in [9.17, 15) is 4.79 Å². The molecular formula is C12H19N3O2S. The number of carboxylic acids is 1. The number of carbonyl (C=O) groups is 1. The monoisotopic (exact) mass is 269 g/mol. The number of nitrogens with zero attached hydrogens (tertiary/aromatic N) is 3. The molecule has 0 aliphatic carbocycles. The van der Waals surface area contributed by atoms with Gasteiger partial charge in [0.05, 0.1) is 5.92 Å². The van der Waals surface area contributed by atoms with Crippen molar-refractivity contribution in [3.63, 3.8) is 0 Å². The number of piperidine rings is 1. The van der Waals surface area contributed by atoms with E-state index >= 15 is 0 Å². The molecule has 2 rings (SSSR count). The Bertz CT molecular complexity index is 431. The van der Waals surface area contributed by atoms with Crippen molar-refractivity contribution in [2.75, 3.05) is 18.0 Å². The van der Waals surface area contributed by atoms with Crippen molar-refractivity contribution >= 4 is 22.6 Å². The zero-order chi connectivity index (χ0) is 13.3. The van der Waals surface area contributed by atoms with Crippen LogP contribution in [0.2, 0.25) is 0 Å². The second-order valence-electron chi connectivity index (χ2n) is 5.75. The number of rotatable bonds is 2. The number of carboxylic acid groups (broad SMARTS) is 1. The van der Waals surface area contributed by atoms with Gasteiger partial charge < -0.3 is 10.0 Å². The van der Waals surface area contributed by atoms with Crippen LogP contribution in [-0.4, -0.2) is 33.5 Å². The molecular weight excluding hydrogens is 250 g/mol. The molecule has 0 unspecified atom stereocenters. The van der Waals surface area contributed by atoms with Crippen LogP contribution in [0.25, 0.3) is 0 Å². The van der Waals surface area contributed by atoms with Gasteiger partial charge in [-0.05, 0) is 12.8 Å². The van der Waals surface area contributed by atoms with E-state index in [0.717, 1.165) is 24.0 Å². The zero-order valence-corrected chi connectivity index (χ0v) is 11.8. The van der Waals surface area contributed by atoms with Crippen LogP contribution in [0.3, 0.4) is 0 Å². The lowest BCUT2D eigenvalue weighted by molar-refractivity contribution is -0.142. The van der Waals surface area contributed by atoms with E-state index in [1.165, 1.54) is 11.5 Å². The van der Waals surface area contributed by atoms with Gasteiger partial charge >= 0.3 is 5.97 Å². The van der Waals surface area contributed by atoms with E-state index in [0.29, 0.717) is 12.8 Å². The van der Waals surface area contributed by atoms with Gasteiger partial charge in [-0.25, -0.2) is 4.98 Å². The van der Waals surface area contributed by atoms with E-state index < -0.39 is 5.97 Å². The maximum Gasteiger partial charge on any atom is 0.306 e. The Kier molecular flexibility index (Phi) is 3.56. The lowest BCUT2D eigenvalue weighted by atomic mass is 9.96. The van der Waals surface area contributed by atoms with Gasteiger partial charge in [-0.15, -0.1) is 0 Å². The first kappa shape index (κ1) is 13.3. The minimum Gasteiger partial charge on any atom is -0.481 e. The minimum absolute atomic E-state index is 0.0336. The van der Waals surface area contributed by atoms with Crippen LogP contribution in [0.4, 0.5) is 5.13 Å². The van der Waals surface area contributed by atoms with Crippen molar-refractivity contribution in [2.45, 2.75) is 39.0 Å². The molecule has 2 heterocycles. The summed E-state index contributed by atoms with van der Waals surface area (Å²) in [6, 6.07) is 0. The summed E-state index contributed by atoms with van der Waals surface area (Å²) in [5.74, 6) is -0.0126. The average Bonchev–Trinajstić information content (AvgIpc) is 2.78. The molecule has 0 saturated carbocycles. The molecule has 100 valence electrons. The Balaban J connectivity index is 2.02. The van der Waals surface area contributed by atoms with Gasteiger partial charge in [0, 0.05) is 30.0 Å². The molecule has 1 aromatic heterocycles. The average molecular weight is 269 g/mol. The van der Waals surface area contributed by atoms with Crippen LogP contribution >= 0.6 is 11.5 Å². The molecule has 1 N–H and O–H groups in total. The highest BCUT2D eigenvalue weighted by molar-refractivity contribution is 7.09. The highest BCUT2D eigenvalue weighted by atomic mass is 32.1. The van der Waals surface area contributed by atoms with E-state index in [-0.39, 0.29) is 11.3 Å². The van der Waals surface area contributed by atoms with E-state index in [1.807, 2.05) is 0 Å². The summed E-state index contributed by atoms with van der Waals surface area (Å²) >= 11 is 1.41. The molecule has 1 aliphatic rings. The smallest absolute Gasteiger partial charge is 0.306 e. The van der Waals surface area contributed by atoms with Crippen molar-refractivity contribution in [2.24, 2.45) is 5.92 Å². The van der Waals surface area contributed by atoms with Gasteiger partial charge in [-0.3, -0.25) is 4.79 Å². The molecule has 0 aromatic carbocycles. The number of aromatic nitrogens is 2. The Morgan fingerprint density at radius 2 is 2.00 bits per heavy atom. The van der Waals surface area contributed by atoms with Crippen LogP contribution < -0.4 is 4.90 Å². The molecule has 1 aliphatic heterocycles. The summed E-state index contributed by atoms with van der Waals surface area (Å²) in [6.07, 6.45) is 1.39. The Morgan fingerprint density at radius 1 is 1.39 bits per heavy atom. The third kappa shape index (κ3) is 2.80. The SMILES string of the molecule is CC(C)(C)c1nsc(N2CCC(C(=O)O)CC2)n1. The first-order valence-electron chi connectivity index (χ1n) is 6.20. The Morgan fingerprint density at radius 3 is 2.44 bits per heavy atom. The summed E-state index contributed by atoms with van der Waals surface area (Å²) < 4.78 is 4.39. The van der Waals surface area contributed by atoms with Crippen LogP contribution in [0.15, 0.2) is 0 Å². The molecule has 1 fully saturated rings. The maximum atomic E-state index is 10.9. The minimum atomic E-state index is -0.678. The van der Waals surface area contributed by atoms with E-state index in [4.69, 9.17) is 5.11 Å². The molecule has 0 amide bonds. The fraction of sp³-hybridized carbons (Fsp3) is 0.750. The fourth-order valence-corrected chi connectivity index (χ4v) is 2.87. The van der Waals surface area contributed by atoms with Gasteiger partial charge in [0.1, 0.15) is 5.82 Å². The number of anilines is 1. The quantitative estimate of drug-likeness (QED) is 0.891. The summed E-state index contributed by atoms with van der Waals surface area (Å²) in [5, 5.41) is 9.88. The summed E-state index contributed by atoms with van der Waals surface area (Å²) in [7, 11) is 0. The number of hydrogen-bond donors (Lipinski definition) is 1. The molecule has 0 radical (unpaired) electrons. The Hall–Kier alpha value is -1.17. The zero-order valence-electron chi connectivity index (χ0n) is 11.0. The second kappa shape index (κ2) is 4.84. The van der Waals surface area contributed by atoms with Crippen LogP contribution in [0.1, 0.15) is 39.4 Å².